The van der Waals surface area contributed by atoms with Crippen LogP contribution in [0.1, 0.15) is 60.8 Å². The van der Waals surface area contributed by atoms with E-state index in [1.807, 2.05) is 48.0 Å². The first-order valence-electron chi connectivity index (χ1n) is 12.4. The molecule has 2 heterocycles. The van der Waals surface area contributed by atoms with E-state index < -0.39 is 5.97 Å². The van der Waals surface area contributed by atoms with Crippen LogP contribution in [0.4, 0.5) is 0 Å². The number of benzene rings is 1. The summed E-state index contributed by atoms with van der Waals surface area (Å²) in [6, 6.07) is 11.8. The van der Waals surface area contributed by atoms with Crippen molar-refractivity contribution in [3.05, 3.63) is 47.0 Å². The highest BCUT2D eigenvalue weighted by molar-refractivity contribution is 7.20. The minimum absolute atomic E-state index is 0.121. The molecule has 7 rings (SSSR count). The molecule has 3 aromatic rings. The van der Waals surface area contributed by atoms with Gasteiger partial charge in [0.25, 0.3) is 5.91 Å². The molecule has 0 aliphatic heterocycles. The molecule has 0 saturated heterocycles. The number of hydrogen-bond donors (Lipinski definition) is 1. The average molecular weight is 478 g/mol. The van der Waals surface area contributed by atoms with E-state index in [2.05, 4.69) is 17.3 Å². The number of rotatable bonds is 6. The summed E-state index contributed by atoms with van der Waals surface area (Å²) in [6.07, 6.45) is 7.86. The van der Waals surface area contributed by atoms with Crippen LogP contribution in [-0.2, 0) is 9.53 Å². The van der Waals surface area contributed by atoms with Crippen LogP contribution in [0.5, 0.6) is 0 Å². The lowest BCUT2D eigenvalue weighted by Crippen LogP contribution is -2.56. The molecule has 4 bridgehead atoms. The molecule has 0 spiro atoms. The molecular weight excluding hydrogens is 446 g/mol. The second-order valence-electron chi connectivity index (χ2n) is 10.8. The van der Waals surface area contributed by atoms with Gasteiger partial charge in [-0.2, -0.15) is 5.10 Å². The number of aromatic nitrogens is 2. The highest BCUT2D eigenvalue weighted by Crippen LogP contribution is 2.61. The van der Waals surface area contributed by atoms with E-state index in [0.29, 0.717) is 4.88 Å². The maximum atomic E-state index is 12.8. The summed E-state index contributed by atoms with van der Waals surface area (Å²) < 4.78 is 7.28. The van der Waals surface area contributed by atoms with E-state index in [-0.39, 0.29) is 24.0 Å². The van der Waals surface area contributed by atoms with Gasteiger partial charge < -0.3 is 10.1 Å². The highest BCUT2D eigenvalue weighted by atomic mass is 32.1. The number of aryl methyl sites for hydroxylation is 1. The number of thiophene rings is 1. The molecule has 4 saturated carbocycles. The monoisotopic (exact) mass is 477 g/mol. The van der Waals surface area contributed by atoms with Gasteiger partial charge in [-0.15, -0.1) is 11.3 Å². The number of carbonyl (C=O) groups excluding carboxylic acids is 2. The maximum absolute atomic E-state index is 12.8. The Balaban J connectivity index is 1.10. The average Bonchev–Trinajstić information content (AvgIpc) is 3.38. The number of nitrogens with zero attached hydrogens (tertiary/aromatic N) is 2. The topological polar surface area (TPSA) is 73.2 Å². The minimum Gasteiger partial charge on any atom is -0.451 e. The summed E-state index contributed by atoms with van der Waals surface area (Å²) in [5, 5.41) is 8.72. The third kappa shape index (κ3) is 3.74. The normalized spacial score (nSPS) is 28.2. The van der Waals surface area contributed by atoms with E-state index in [9.17, 15) is 9.59 Å². The number of nitrogens with one attached hydrogen (secondary N) is 1. The summed E-state index contributed by atoms with van der Waals surface area (Å²) in [5.41, 5.74) is 2.04. The zero-order valence-electron chi connectivity index (χ0n) is 19.8. The summed E-state index contributed by atoms with van der Waals surface area (Å²) in [7, 11) is 0. The zero-order valence-corrected chi connectivity index (χ0v) is 20.6. The van der Waals surface area contributed by atoms with E-state index in [1.165, 1.54) is 49.9 Å². The first kappa shape index (κ1) is 21.8. The number of esters is 1. The van der Waals surface area contributed by atoms with Gasteiger partial charge in [-0.3, -0.25) is 4.79 Å². The molecule has 4 aliphatic rings. The smallest absolute Gasteiger partial charge is 0.348 e. The molecule has 4 fully saturated rings. The number of amides is 1. The second kappa shape index (κ2) is 8.22. The Hall–Kier alpha value is -2.67. The van der Waals surface area contributed by atoms with E-state index in [0.717, 1.165) is 39.4 Å². The van der Waals surface area contributed by atoms with Gasteiger partial charge in [-0.05, 0) is 93.7 Å². The van der Waals surface area contributed by atoms with Crippen LogP contribution in [0.2, 0.25) is 0 Å². The fourth-order valence-corrected chi connectivity index (χ4v) is 8.32. The largest absolute Gasteiger partial charge is 0.451 e. The predicted molar refractivity (Wildman–Crippen MR) is 132 cm³/mol. The van der Waals surface area contributed by atoms with Crippen molar-refractivity contribution in [2.45, 2.75) is 58.4 Å². The van der Waals surface area contributed by atoms with Gasteiger partial charge in [0.1, 0.15) is 9.71 Å². The Labute approximate surface area is 203 Å². The van der Waals surface area contributed by atoms with Crippen molar-refractivity contribution in [1.82, 2.24) is 15.1 Å². The molecular formula is C27H31N3O3S. The molecule has 1 N–H and O–H groups in total. The number of para-hydroxylation sites is 1. The minimum atomic E-state index is -0.460. The summed E-state index contributed by atoms with van der Waals surface area (Å²) in [5.74, 6) is 1.85. The van der Waals surface area contributed by atoms with Gasteiger partial charge in [-0.1, -0.05) is 18.2 Å². The van der Waals surface area contributed by atoms with Crippen molar-refractivity contribution in [3.8, 4) is 5.69 Å². The fourth-order valence-electron chi connectivity index (χ4n) is 7.24. The van der Waals surface area contributed by atoms with Crippen molar-refractivity contribution in [3.63, 3.8) is 0 Å². The van der Waals surface area contributed by atoms with Crippen LogP contribution in [0.3, 0.4) is 0 Å². The standard InChI is InChI=1S/C27H31N3O3S/c1-16-22-11-23(34-25(22)30(29-16)21-6-4-3-5-7-21)26(32)33-15-24(31)28-17(2)27-12-18-8-19(13-27)10-20(9-18)14-27/h3-7,11,17-20H,8-10,12-15H2,1-2H3,(H,28,31). The molecule has 1 amide bonds. The van der Waals surface area contributed by atoms with Crippen LogP contribution in [0.15, 0.2) is 36.4 Å². The molecule has 34 heavy (non-hydrogen) atoms. The Morgan fingerprint density at radius 3 is 2.44 bits per heavy atom. The van der Waals surface area contributed by atoms with Gasteiger partial charge >= 0.3 is 5.97 Å². The van der Waals surface area contributed by atoms with Gasteiger partial charge in [-0.25, -0.2) is 9.48 Å². The lowest BCUT2D eigenvalue weighted by molar-refractivity contribution is -0.128. The van der Waals surface area contributed by atoms with Gasteiger partial charge in [0.15, 0.2) is 6.61 Å². The molecule has 6 nitrogen and oxygen atoms in total. The van der Waals surface area contributed by atoms with Crippen LogP contribution >= 0.6 is 11.3 Å². The highest BCUT2D eigenvalue weighted by Gasteiger charge is 2.53. The van der Waals surface area contributed by atoms with Crippen molar-refractivity contribution >= 4 is 33.4 Å². The first-order chi connectivity index (χ1) is 16.4. The number of carbonyl (C=O) groups is 2. The molecule has 1 unspecified atom stereocenters. The van der Waals surface area contributed by atoms with Crippen molar-refractivity contribution in [2.24, 2.45) is 23.2 Å². The lowest BCUT2D eigenvalue weighted by Gasteiger charge is -2.59. The zero-order chi connectivity index (χ0) is 23.4. The van der Waals surface area contributed by atoms with Gasteiger partial charge in [0, 0.05) is 11.4 Å². The van der Waals surface area contributed by atoms with E-state index >= 15 is 0 Å². The van der Waals surface area contributed by atoms with Crippen LogP contribution in [0.25, 0.3) is 15.9 Å². The van der Waals surface area contributed by atoms with Crippen LogP contribution < -0.4 is 5.32 Å². The Kier molecular flexibility index (Phi) is 5.28. The van der Waals surface area contributed by atoms with Crippen LogP contribution in [0, 0.1) is 30.1 Å². The lowest BCUT2D eigenvalue weighted by atomic mass is 9.48. The Morgan fingerprint density at radius 2 is 1.79 bits per heavy atom. The fraction of sp³-hybridized carbons (Fsp3) is 0.519. The van der Waals surface area contributed by atoms with Gasteiger partial charge in [0.2, 0.25) is 0 Å². The number of ether oxygens (including phenoxy) is 1. The predicted octanol–water partition coefficient (Wildman–Crippen LogP) is 5.27. The van der Waals surface area contributed by atoms with Crippen LogP contribution in [-0.4, -0.2) is 34.3 Å². The molecule has 7 heteroatoms. The molecule has 4 aliphatic carbocycles. The molecule has 1 aromatic carbocycles. The van der Waals surface area contributed by atoms with Crippen molar-refractivity contribution in [2.75, 3.05) is 6.61 Å². The van der Waals surface area contributed by atoms with E-state index in [4.69, 9.17) is 4.74 Å². The first-order valence-corrected chi connectivity index (χ1v) is 13.2. The third-order valence-corrected chi connectivity index (χ3v) is 9.55. The van der Waals surface area contributed by atoms with Crippen molar-refractivity contribution in [1.29, 1.82) is 0 Å². The third-order valence-electron chi connectivity index (χ3n) is 8.46. The van der Waals surface area contributed by atoms with Crippen molar-refractivity contribution < 1.29 is 14.3 Å². The Bertz CT molecular complexity index is 1210. The Morgan fingerprint density at radius 1 is 1.15 bits per heavy atom. The molecule has 0 radical (unpaired) electrons. The SMILES string of the molecule is Cc1nn(-c2ccccc2)c2sc(C(=O)OCC(=O)NC(C)C34CC5CC(CC(C5)C3)C4)cc12. The molecule has 2 aromatic heterocycles. The second-order valence-corrected chi connectivity index (χ2v) is 11.8. The van der Waals surface area contributed by atoms with E-state index in [1.54, 1.807) is 0 Å². The quantitative estimate of drug-likeness (QED) is 0.491. The maximum Gasteiger partial charge on any atom is 0.348 e. The number of hydrogen-bond acceptors (Lipinski definition) is 5. The summed E-state index contributed by atoms with van der Waals surface area (Å²) in [4.78, 5) is 26.8. The number of fused-ring (bicyclic) bond motifs is 1. The molecule has 1 atom stereocenters. The molecule has 178 valence electrons. The summed E-state index contributed by atoms with van der Waals surface area (Å²) >= 11 is 1.35. The summed E-state index contributed by atoms with van der Waals surface area (Å²) in [6.45, 7) is 3.84. The van der Waals surface area contributed by atoms with Gasteiger partial charge in [0.05, 0.1) is 11.4 Å².